The van der Waals surface area contributed by atoms with Gasteiger partial charge in [-0.15, -0.1) is 0 Å². The first-order valence-electron chi connectivity index (χ1n) is 5.50. The maximum atomic E-state index is 8.96. The molecule has 0 bridgehead atoms. The van der Waals surface area contributed by atoms with Gasteiger partial charge in [0, 0.05) is 6.56 Å². The molecule has 3 nitrogen and oxygen atoms in total. The SMILES string of the molecule is [2H]C([2H])(O)CC(CO)OCc1ccccc1. The summed E-state index contributed by atoms with van der Waals surface area (Å²) in [6.07, 6.45) is -0.934. The Bertz CT molecular complexity index is 298. The fraction of sp³-hybridized carbons (Fsp3) is 0.455. The van der Waals surface area contributed by atoms with E-state index in [-0.39, 0.29) is 13.0 Å². The lowest BCUT2D eigenvalue weighted by atomic mass is 10.2. The summed E-state index contributed by atoms with van der Waals surface area (Å²) < 4.78 is 19.3. The van der Waals surface area contributed by atoms with Gasteiger partial charge in [0.25, 0.3) is 0 Å². The van der Waals surface area contributed by atoms with Crippen molar-refractivity contribution in [2.24, 2.45) is 0 Å². The summed E-state index contributed by atoms with van der Waals surface area (Å²) in [7, 11) is 0. The minimum atomic E-state index is -2.32. The van der Waals surface area contributed by atoms with Crippen LogP contribution in [0.5, 0.6) is 0 Å². The third kappa shape index (κ3) is 3.87. The van der Waals surface area contributed by atoms with Crippen LogP contribution in [0.25, 0.3) is 0 Å². The molecule has 0 aliphatic heterocycles. The van der Waals surface area contributed by atoms with E-state index in [1.807, 2.05) is 30.3 Å². The normalized spacial score (nSPS) is 15.9. The summed E-state index contributed by atoms with van der Waals surface area (Å²) in [6.45, 7) is -2.33. The van der Waals surface area contributed by atoms with Crippen LogP contribution in [0.1, 0.15) is 14.7 Å². The van der Waals surface area contributed by atoms with Gasteiger partial charge in [0.1, 0.15) is 0 Å². The summed E-state index contributed by atoms with van der Waals surface area (Å²) >= 11 is 0. The van der Waals surface area contributed by atoms with Gasteiger partial charge >= 0.3 is 0 Å². The Morgan fingerprint density at radius 3 is 2.57 bits per heavy atom. The third-order valence-corrected chi connectivity index (χ3v) is 1.85. The summed E-state index contributed by atoms with van der Waals surface area (Å²) in [5.41, 5.74) is 0.944. The molecule has 3 heteroatoms. The lowest BCUT2D eigenvalue weighted by Crippen LogP contribution is -2.18. The number of rotatable bonds is 6. The van der Waals surface area contributed by atoms with Crippen LogP contribution in [0.15, 0.2) is 30.3 Å². The molecule has 0 amide bonds. The topological polar surface area (TPSA) is 49.7 Å². The molecule has 0 aliphatic carbocycles. The average molecular weight is 198 g/mol. The van der Waals surface area contributed by atoms with Crippen molar-refractivity contribution in [3.05, 3.63) is 35.9 Å². The highest BCUT2D eigenvalue weighted by Gasteiger charge is 2.06. The van der Waals surface area contributed by atoms with Crippen LogP contribution in [0, 0.1) is 0 Å². The van der Waals surface area contributed by atoms with E-state index in [0.717, 1.165) is 5.56 Å². The fourth-order valence-electron chi connectivity index (χ4n) is 1.07. The maximum absolute atomic E-state index is 8.96. The van der Waals surface area contributed by atoms with Gasteiger partial charge < -0.3 is 14.9 Å². The first-order valence-corrected chi connectivity index (χ1v) is 4.50. The first-order chi connectivity index (χ1) is 7.51. The minimum absolute atomic E-state index is 0.240. The number of hydrogen-bond donors (Lipinski definition) is 2. The van der Waals surface area contributed by atoms with Gasteiger partial charge in [0.2, 0.25) is 0 Å². The fourth-order valence-corrected chi connectivity index (χ4v) is 1.07. The Hall–Kier alpha value is -0.900. The zero-order valence-electron chi connectivity index (χ0n) is 9.89. The van der Waals surface area contributed by atoms with E-state index >= 15 is 0 Å². The van der Waals surface area contributed by atoms with E-state index in [1.54, 1.807) is 0 Å². The summed E-state index contributed by atoms with van der Waals surface area (Å²) in [5.74, 6) is 0. The standard InChI is InChI=1S/C11H16O3/c12-7-6-11(8-13)14-9-10-4-2-1-3-5-10/h1-5,11-13H,6-9H2/i7D2. The molecule has 0 heterocycles. The molecule has 1 rings (SSSR count). The lowest BCUT2D eigenvalue weighted by Gasteiger charge is -2.13. The number of hydrogen-bond acceptors (Lipinski definition) is 3. The monoisotopic (exact) mass is 198 g/mol. The molecule has 0 fully saturated rings. The van der Waals surface area contributed by atoms with Crippen LogP contribution < -0.4 is 0 Å². The Morgan fingerprint density at radius 1 is 1.29 bits per heavy atom. The second-order valence-corrected chi connectivity index (χ2v) is 2.96. The summed E-state index contributed by atoms with van der Waals surface area (Å²) in [6, 6.07) is 9.39. The van der Waals surface area contributed by atoms with Crippen molar-refractivity contribution in [3.63, 3.8) is 0 Å². The molecule has 2 N–H and O–H groups in total. The van der Waals surface area contributed by atoms with Crippen molar-refractivity contribution >= 4 is 0 Å². The van der Waals surface area contributed by atoms with Gasteiger partial charge in [0.05, 0.1) is 22.1 Å². The van der Waals surface area contributed by atoms with E-state index in [1.165, 1.54) is 0 Å². The van der Waals surface area contributed by atoms with Gasteiger partial charge in [-0.05, 0) is 12.0 Å². The van der Waals surface area contributed by atoms with Crippen molar-refractivity contribution in [1.82, 2.24) is 0 Å². The number of ether oxygens (including phenoxy) is 1. The highest BCUT2D eigenvalue weighted by atomic mass is 16.5. The Balaban J connectivity index is 2.40. The molecule has 1 aromatic rings. The molecule has 78 valence electrons. The van der Waals surface area contributed by atoms with Crippen molar-refractivity contribution in [2.75, 3.05) is 13.2 Å². The quantitative estimate of drug-likeness (QED) is 0.715. The minimum Gasteiger partial charge on any atom is -0.396 e. The second-order valence-electron chi connectivity index (χ2n) is 2.96. The summed E-state index contributed by atoms with van der Waals surface area (Å²) in [5, 5.41) is 17.9. The molecule has 1 unspecified atom stereocenters. The van der Waals surface area contributed by atoms with Crippen LogP contribution in [-0.2, 0) is 11.3 Å². The van der Waals surface area contributed by atoms with Gasteiger partial charge in [-0.3, -0.25) is 0 Å². The van der Waals surface area contributed by atoms with Crippen molar-refractivity contribution < 1.29 is 17.7 Å². The zero-order valence-corrected chi connectivity index (χ0v) is 7.89. The number of aliphatic hydroxyl groups is 2. The smallest absolute Gasteiger partial charge is 0.0832 e. The van der Waals surface area contributed by atoms with E-state index in [2.05, 4.69) is 0 Å². The number of benzene rings is 1. The average Bonchev–Trinajstić information content (AvgIpc) is 2.24. The van der Waals surface area contributed by atoms with E-state index in [9.17, 15) is 0 Å². The van der Waals surface area contributed by atoms with Crippen molar-refractivity contribution in [2.45, 2.75) is 19.1 Å². The van der Waals surface area contributed by atoms with Crippen LogP contribution in [0.2, 0.25) is 0 Å². The van der Waals surface area contributed by atoms with Crippen LogP contribution in [0.4, 0.5) is 0 Å². The van der Waals surface area contributed by atoms with Crippen LogP contribution in [-0.4, -0.2) is 29.5 Å². The van der Waals surface area contributed by atoms with Gasteiger partial charge in [0.15, 0.2) is 0 Å². The maximum Gasteiger partial charge on any atom is 0.0832 e. The lowest BCUT2D eigenvalue weighted by molar-refractivity contribution is -0.0104. The van der Waals surface area contributed by atoms with Crippen molar-refractivity contribution in [3.8, 4) is 0 Å². The molecule has 0 spiro atoms. The largest absolute Gasteiger partial charge is 0.396 e. The molecule has 1 aromatic carbocycles. The molecule has 0 saturated carbocycles. The Labute approximate surface area is 86.8 Å². The summed E-state index contributed by atoms with van der Waals surface area (Å²) in [4.78, 5) is 0. The highest BCUT2D eigenvalue weighted by molar-refractivity contribution is 5.13. The highest BCUT2D eigenvalue weighted by Crippen LogP contribution is 2.05. The second kappa shape index (κ2) is 6.54. The molecular formula is C11H16O3. The predicted octanol–water partition coefficient (Wildman–Crippen LogP) is 0.947. The van der Waals surface area contributed by atoms with E-state index in [0.29, 0.717) is 6.61 Å². The van der Waals surface area contributed by atoms with Gasteiger partial charge in [-0.1, -0.05) is 30.3 Å². The molecular weight excluding hydrogens is 180 g/mol. The molecule has 0 aliphatic rings. The molecule has 14 heavy (non-hydrogen) atoms. The predicted molar refractivity (Wildman–Crippen MR) is 53.8 cm³/mol. The zero-order chi connectivity index (χ0) is 12.0. The van der Waals surface area contributed by atoms with Crippen LogP contribution >= 0.6 is 0 Å². The molecule has 1 atom stereocenters. The van der Waals surface area contributed by atoms with Crippen LogP contribution in [0.3, 0.4) is 0 Å². The molecule has 0 radical (unpaired) electrons. The number of aliphatic hydroxyl groups excluding tert-OH is 1. The Morgan fingerprint density at radius 2 is 2.00 bits per heavy atom. The van der Waals surface area contributed by atoms with Gasteiger partial charge in [-0.25, -0.2) is 0 Å². The first kappa shape index (κ1) is 8.41. The Kier molecular flexibility index (Phi) is 3.93. The van der Waals surface area contributed by atoms with E-state index in [4.69, 9.17) is 17.7 Å². The van der Waals surface area contributed by atoms with E-state index < -0.39 is 12.7 Å². The van der Waals surface area contributed by atoms with Crippen molar-refractivity contribution in [1.29, 1.82) is 0 Å². The third-order valence-electron chi connectivity index (χ3n) is 1.85. The van der Waals surface area contributed by atoms with Gasteiger partial charge in [-0.2, -0.15) is 0 Å². The molecule has 0 saturated heterocycles. The molecule has 0 aromatic heterocycles.